The summed E-state index contributed by atoms with van der Waals surface area (Å²) in [6, 6.07) is 3.28. The lowest BCUT2D eigenvalue weighted by molar-refractivity contribution is 0.0590. The molecule has 3 heterocycles. The lowest BCUT2D eigenvalue weighted by Gasteiger charge is -2.35. The zero-order valence-corrected chi connectivity index (χ0v) is 14.8. The Morgan fingerprint density at radius 3 is 2.84 bits per heavy atom. The average Bonchev–Trinajstić information content (AvgIpc) is 3.15. The molecule has 2 aromatic heterocycles. The molecule has 1 amide bonds. The second-order valence-electron chi connectivity index (χ2n) is 5.90. The zero-order valence-electron chi connectivity index (χ0n) is 14.8. The monoisotopic (exact) mass is 345 g/mol. The number of hydrogen-bond acceptors (Lipinski definition) is 6. The second-order valence-corrected chi connectivity index (χ2v) is 5.90. The Labute approximate surface area is 146 Å². The van der Waals surface area contributed by atoms with Gasteiger partial charge in [-0.1, -0.05) is 0 Å². The number of amides is 1. The van der Waals surface area contributed by atoms with Gasteiger partial charge < -0.3 is 18.9 Å². The van der Waals surface area contributed by atoms with E-state index >= 15 is 0 Å². The van der Waals surface area contributed by atoms with Gasteiger partial charge in [0.05, 0.1) is 20.3 Å². The van der Waals surface area contributed by atoms with Crippen LogP contribution in [0.25, 0.3) is 0 Å². The predicted octanol–water partition coefficient (Wildman–Crippen LogP) is 2.08. The Balaban J connectivity index is 1.94. The second kappa shape index (κ2) is 7.50. The molecule has 1 saturated heterocycles. The van der Waals surface area contributed by atoms with Crippen molar-refractivity contribution in [3.8, 4) is 11.8 Å². The molecule has 0 bridgehead atoms. The number of carbonyl (C=O) groups excluding carboxylic acids is 1. The molecular weight excluding hydrogens is 322 g/mol. The summed E-state index contributed by atoms with van der Waals surface area (Å²) < 4.78 is 12.4. The van der Waals surface area contributed by atoms with Gasteiger partial charge in [-0.3, -0.25) is 4.79 Å². The third kappa shape index (κ3) is 3.29. The molecule has 2 aromatic rings. The first-order valence-electron chi connectivity index (χ1n) is 8.47. The fourth-order valence-electron chi connectivity index (χ4n) is 3.22. The summed E-state index contributed by atoms with van der Waals surface area (Å²) in [5, 5.41) is 8.27. The number of piperidine rings is 1. The molecule has 1 aliphatic rings. The van der Waals surface area contributed by atoms with Crippen LogP contribution in [0.1, 0.15) is 48.4 Å². The number of aromatic nitrogens is 4. The minimum absolute atomic E-state index is 0.0875. The van der Waals surface area contributed by atoms with E-state index in [0.717, 1.165) is 31.6 Å². The Hall–Kier alpha value is -2.64. The molecule has 1 atom stereocenters. The van der Waals surface area contributed by atoms with Crippen molar-refractivity contribution in [3.63, 3.8) is 0 Å². The van der Waals surface area contributed by atoms with E-state index in [1.165, 1.54) is 14.2 Å². The molecule has 8 nitrogen and oxygen atoms in total. The summed E-state index contributed by atoms with van der Waals surface area (Å²) in [6.45, 7) is 3.49. The summed E-state index contributed by atoms with van der Waals surface area (Å²) in [7, 11) is 3.03. The molecule has 0 N–H and O–H groups in total. The third-order valence-corrected chi connectivity index (χ3v) is 4.52. The molecule has 0 saturated carbocycles. The molecule has 8 heteroatoms. The number of hydrogen-bond donors (Lipinski definition) is 0. The van der Waals surface area contributed by atoms with Crippen molar-refractivity contribution in [2.45, 2.75) is 38.8 Å². The average molecular weight is 345 g/mol. The molecule has 1 fully saturated rings. The fourth-order valence-corrected chi connectivity index (χ4v) is 3.22. The summed E-state index contributed by atoms with van der Waals surface area (Å²) in [6.07, 6.45) is 4.61. The molecule has 0 aliphatic carbocycles. The van der Waals surface area contributed by atoms with Crippen LogP contribution in [0.15, 0.2) is 18.5 Å². The lowest BCUT2D eigenvalue weighted by Crippen LogP contribution is -2.40. The van der Waals surface area contributed by atoms with E-state index in [4.69, 9.17) is 9.47 Å². The van der Waals surface area contributed by atoms with Gasteiger partial charge in [0.25, 0.3) is 5.91 Å². The summed E-state index contributed by atoms with van der Waals surface area (Å²) >= 11 is 0. The smallest absolute Gasteiger partial charge is 0.259 e. The summed E-state index contributed by atoms with van der Waals surface area (Å²) in [5.41, 5.74) is 0.428. The van der Waals surface area contributed by atoms with Crippen LogP contribution in [0.4, 0.5) is 0 Å². The van der Waals surface area contributed by atoms with Crippen LogP contribution in [-0.2, 0) is 6.54 Å². The van der Waals surface area contributed by atoms with Crippen LogP contribution in [0, 0.1) is 0 Å². The van der Waals surface area contributed by atoms with Crippen molar-refractivity contribution in [2.24, 2.45) is 0 Å². The van der Waals surface area contributed by atoms with Gasteiger partial charge >= 0.3 is 0 Å². The number of ether oxygens (including phenoxy) is 2. The van der Waals surface area contributed by atoms with Crippen LogP contribution in [0.3, 0.4) is 0 Å². The van der Waals surface area contributed by atoms with Gasteiger partial charge in [-0.05, 0) is 32.3 Å². The highest BCUT2D eigenvalue weighted by Crippen LogP contribution is 2.32. The normalized spacial score (nSPS) is 17.4. The first kappa shape index (κ1) is 17.2. The van der Waals surface area contributed by atoms with Crippen molar-refractivity contribution in [1.82, 2.24) is 24.6 Å². The van der Waals surface area contributed by atoms with Crippen molar-refractivity contribution >= 4 is 5.91 Å². The number of carbonyl (C=O) groups is 1. The quantitative estimate of drug-likeness (QED) is 0.825. The number of nitrogens with zero attached hydrogens (tertiary/aromatic N) is 5. The third-order valence-electron chi connectivity index (χ3n) is 4.52. The Bertz CT molecular complexity index is 746. The molecule has 0 spiro atoms. The van der Waals surface area contributed by atoms with Crippen molar-refractivity contribution in [2.75, 3.05) is 20.8 Å². The van der Waals surface area contributed by atoms with Crippen LogP contribution < -0.4 is 9.47 Å². The van der Waals surface area contributed by atoms with Gasteiger partial charge in [-0.2, -0.15) is 4.98 Å². The van der Waals surface area contributed by atoms with Crippen LogP contribution in [-0.4, -0.2) is 51.3 Å². The maximum atomic E-state index is 13.2. The van der Waals surface area contributed by atoms with Gasteiger partial charge in [0.2, 0.25) is 11.8 Å². The van der Waals surface area contributed by atoms with Gasteiger partial charge in [0, 0.05) is 19.2 Å². The topological polar surface area (TPSA) is 82.4 Å². The molecule has 0 unspecified atom stereocenters. The first-order chi connectivity index (χ1) is 12.2. The van der Waals surface area contributed by atoms with Crippen molar-refractivity contribution in [1.29, 1.82) is 0 Å². The first-order valence-corrected chi connectivity index (χ1v) is 8.47. The molecule has 0 radical (unpaired) electrons. The Morgan fingerprint density at radius 2 is 2.12 bits per heavy atom. The molecule has 3 rings (SSSR count). The van der Waals surface area contributed by atoms with Gasteiger partial charge in [0.1, 0.15) is 11.9 Å². The maximum Gasteiger partial charge on any atom is 0.259 e. The number of likely N-dealkylation sites (tertiary alicyclic amines) is 1. The van der Waals surface area contributed by atoms with Crippen LogP contribution >= 0.6 is 0 Å². The minimum atomic E-state index is -0.109. The van der Waals surface area contributed by atoms with Crippen LogP contribution in [0.2, 0.25) is 0 Å². The highest BCUT2D eigenvalue weighted by atomic mass is 16.5. The van der Waals surface area contributed by atoms with E-state index in [1.54, 1.807) is 18.5 Å². The SMILES string of the molecule is CCn1cnnc1[C@H]1CCCCN1C(=O)c1ccc(OC)nc1OC. The lowest BCUT2D eigenvalue weighted by atomic mass is 10.00. The molecule has 1 aliphatic heterocycles. The number of methoxy groups -OCH3 is 2. The molecule has 134 valence electrons. The number of aryl methyl sites for hydroxylation is 1. The molecule has 25 heavy (non-hydrogen) atoms. The van der Waals surface area contributed by atoms with Gasteiger partial charge in [-0.15, -0.1) is 10.2 Å². The Morgan fingerprint density at radius 1 is 1.28 bits per heavy atom. The number of pyridine rings is 1. The van der Waals surface area contributed by atoms with Gasteiger partial charge in [0.15, 0.2) is 5.82 Å². The largest absolute Gasteiger partial charge is 0.481 e. The van der Waals surface area contributed by atoms with E-state index in [0.29, 0.717) is 18.0 Å². The van der Waals surface area contributed by atoms with Gasteiger partial charge in [-0.25, -0.2) is 0 Å². The predicted molar refractivity (Wildman–Crippen MR) is 90.7 cm³/mol. The highest BCUT2D eigenvalue weighted by Gasteiger charge is 2.33. The van der Waals surface area contributed by atoms with E-state index < -0.39 is 0 Å². The van der Waals surface area contributed by atoms with Crippen LogP contribution in [0.5, 0.6) is 11.8 Å². The summed E-state index contributed by atoms with van der Waals surface area (Å²) in [5.74, 6) is 1.40. The standard InChI is InChI=1S/C17H23N5O3/c1-4-21-11-18-20-15(21)13-7-5-6-10-22(13)17(23)12-8-9-14(24-2)19-16(12)25-3/h8-9,11,13H,4-7,10H2,1-3H3/t13-/m1/s1. The number of rotatable bonds is 5. The van der Waals surface area contributed by atoms with Crippen molar-refractivity contribution in [3.05, 3.63) is 29.8 Å². The van der Waals surface area contributed by atoms with Crippen molar-refractivity contribution < 1.29 is 14.3 Å². The zero-order chi connectivity index (χ0) is 17.8. The minimum Gasteiger partial charge on any atom is -0.481 e. The van der Waals surface area contributed by atoms with E-state index in [1.807, 2.05) is 16.4 Å². The summed E-state index contributed by atoms with van der Waals surface area (Å²) in [4.78, 5) is 19.3. The Kier molecular flexibility index (Phi) is 5.16. The molecule has 0 aromatic carbocycles. The maximum absolute atomic E-state index is 13.2. The molecular formula is C17H23N5O3. The van der Waals surface area contributed by atoms with E-state index in [9.17, 15) is 4.79 Å². The van der Waals surface area contributed by atoms with E-state index in [-0.39, 0.29) is 17.8 Å². The van der Waals surface area contributed by atoms with E-state index in [2.05, 4.69) is 15.2 Å². The fraction of sp³-hybridized carbons (Fsp3) is 0.529. The highest BCUT2D eigenvalue weighted by molar-refractivity contribution is 5.96.